The number of carbonyl (C=O) groups is 1. The van der Waals surface area contributed by atoms with Crippen molar-refractivity contribution in [1.29, 1.82) is 0 Å². The third kappa shape index (κ3) is 10.2. The normalized spacial score (nSPS) is 16.3. The second-order valence-electron chi connectivity index (χ2n) is 15.2. The van der Waals surface area contributed by atoms with Crippen molar-refractivity contribution in [3.63, 3.8) is 0 Å². The molecule has 1 saturated carbocycles. The number of rotatable bonds is 18. The highest BCUT2D eigenvalue weighted by Crippen LogP contribution is 2.32. The fourth-order valence-electron chi connectivity index (χ4n) is 7.83. The predicted molar refractivity (Wildman–Crippen MR) is 219 cm³/mol. The van der Waals surface area contributed by atoms with Crippen LogP contribution >= 0.6 is 0 Å². The average molecular weight is 759 g/mol. The van der Waals surface area contributed by atoms with Gasteiger partial charge in [0.25, 0.3) is 5.91 Å². The number of nitrogens with zero attached hydrogens (tertiary/aromatic N) is 1. The molecule has 2 aliphatic rings. The predicted octanol–water partition coefficient (Wildman–Crippen LogP) is 6.67. The summed E-state index contributed by atoms with van der Waals surface area (Å²) in [5.74, 6) is 1.36. The molecule has 2 atom stereocenters. The lowest BCUT2D eigenvalue weighted by Crippen LogP contribution is -2.45. The number of piperidine rings is 1. The average Bonchev–Trinajstić information content (AvgIpc) is 3.20. The number of amides is 1. The first-order valence-corrected chi connectivity index (χ1v) is 20.1. The number of carbonyl (C=O) groups excluding carboxylic acids is 1. The molecule has 0 bridgehead atoms. The Hall–Kier alpha value is -5.00. The van der Waals surface area contributed by atoms with Gasteiger partial charge < -0.3 is 40.2 Å². The minimum atomic E-state index is -0.855. The number of phenolic OH excluding ortho intramolecular Hbond substituents is 1. The largest absolute Gasteiger partial charge is 0.506 e. The van der Waals surface area contributed by atoms with Crippen molar-refractivity contribution in [3.05, 3.63) is 141 Å². The number of phenols is 1. The molecule has 5 aromatic rings. The van der Waals surface area contributed by atoms with E-state index in [1.807, 2.05) is 30.3 Å². The summed E-state index contributed by atoms with van der Waals surface area (Å²) in [6.45, 7) is 5.57. The van der Waals surface area contributed by atoms with Gasteiger partial charge in [-0.05, 0) is 110 Å². The van der Waals surface area contributed by atoms with Gasteiger partial charge in [-0.2, -0.15) is 0 Å². The second-order valence-corrected chi connectivity index (χ2v) is 15.2. The summed E-state index contributed by atoms with van der Waals surface area (Å²) in [7, 11) is 0. The molecule has 1 aromatic heterocycles. The smallest absolute Gasteiger partial charge is 0.251 e. The van der Waals surface area contributed by atoms with E-state index in [1.165, 1.54) is 68.5 Å². The minimum Gasteiger partial charge on any atom is -0.506 e. The van der Waals surface area contributed by atoms with E-state index in [-0.39, 0.29) is 29.7 Å². The highest BCUT2D eigenvalue weighted by atomic mass is 16.5. The molecule has 56 heavy (non-hydrogen) atoms. The van der Waals surface area contributed by atoms with Gasteiger partial charge in [-0.1, -0.05) is 67.1 Å². The number of aromatic hydroxyl groups is 1. The maximum atomic E-state index is 12.8. The van der Waals surface area contributed by atoms with Gasteiger partial charge in [0.15, 0.2) is 0 Å². The summed E-state index contributed by atoms with van der Waals surface area (Å²) in [5, 5.41) is 27.8. The number of aromatic nitrogens is 1. The topological polar surface area (TPSA) is 136 Å². The number of benzene rings is 4. The zero-order valence-electron chi connectivity index (χ0n) is 32.0. The van der Waals surface area contributed by atoms with E-state index in [1.54, 1.807) is 24.3 Å². The van der Waals surface area contributed by atoms with Crippen LogP contribution in [0.1, 0.15) is 83.2 Å². The fraction of sp³-hybridized carbons (Fsp3) is 0.391. The molecular weight excluding hydrogens is 705 g/mol. The molecule has 0 radical (unpaired) electrons. The Kier molecular flexibility index (Phi) is 13.5. The van der Waals surface area contributed by atoms with E-state index in [4.69, 9.17) is 9.47 Å². The number of aliphatic hydroxyl groups excluding tert-OH is 1. The first-order chi connectivity index (χ1) is 27.4. The van der Waals surface area contributed by atoms with Gasteiger partial charge in [0.05, 0.1) is 24.8 Å². The zero-order valence-corrected chi connectivity index (χ0v) is 32.0. The van der Waals surface area contributed by atoms with Crippen LogP contribution in [0.4, 0.5) is 0 Å². The van der Waals surface area contributed by atoms with E-state index < -0.39 is 6.10 Å². The van der Waals surface area contributed by atoms with Crippen LogP contribution in [-0.2, 0) is 11.3 Å². The fourth-order valence-corrected chi connectivity index (χ4v) is 7.83. The number of fused-ring (bicyclic) bond motifs is 1. The number of nitrogens with one attached hydrogen (secondary N) is 3. The number of H-pyrrole nitrogens is 1. The summed E-state index contributed by atoms with van der Waals surface area (Å²) in [6.07, 6.45) is 6.40. The summed E-state index contributed by atoms with van der Waals surface area (Å²) in [4.78, 5) is 29.9. The lowest BCUT2D eigenvalue weighted by atomic mass is 9.88. The van der Waals surface area contributed by atoms with Crippen LogP contribution in [0.25, 0.3) is 10.9 Å². The van der Waals surface area contributed by atoms with Crippen LogP contribution < -0.4 is 20.9 Å². The van der Waals surface area contributed by atoms with Crippen molar-refractivity contribution < 1.29 is 24.5 Å². The second kappa shape index (κ2) is 19.2. The summed E-state index contributed by atoms with van der Waals surface area (Å²) < 4.78 is 12.6. The Morgan fingerprint density at radius 3 is 2.45 bits per heavy atom. The van der Waals surface area contributed by atoms with Crippen molar-refractivity contribution >= 4 is 16.8 Å². The molecule has 1 aliphatic carbocycles. The van der Waals surface area contributed by atoms with Crippen LogP contribution in [0.15, 0.2) is 108 Å². The van der Waals surface area contributed by atoms with Crippen LogP contribution in [0.3, 0.4) is 0 Å². The lowest BCUT2D eigenvalue weighted by Gasteiger charge is -2.41. The Morgan fingerprint density at radius 1 is 0.893 bits per heavy atom. The Bertz CT molecular complexity index is 2080. The van der Waals surface area contributed by atoms with E-state index in [9.17, 15) is 19.8 Å². The molecule has 10 heteroatoms. The Morgan fingerprint density at radius 2 is 1.68 bits per heavy atom. The molecule has 1 amide bonds. The molecule has 2 unspecified atom stereocenters. The van der Waals surface area contributed by atoms with Gasteiger partial charge >= 0.3 is 0 Å². The zero-order chi connectivity index (χ0) is 38.7. The molecular formula is C46H54N4O6. The first kappa shape index (κ1) is 39.2. The molecule has 0 spiro atoms. The SMILES string of the molecule is O=C(NCCCOc1cccc(C(COCC2CCN(C3CCC3)CC2)c2ccccc2)c1)c1ccc(CNCC(O)c2ccc(O)c3[nH]c(=O)ccc23)cc1. The van der Waals surface area contributed by atoms with Crippen molar-refractivity contribution in [2.75, 3.05) is 46.0 Å². The third-order valence-electron chi connectivity index (χ3n) is 11.4. The number of hydrogen-bond acceptors (Lipinski definition) is 8. The van der Waals surface area contributed by atoms with Crippen molar-refractivity contribution in [2.45, 2.75) is 63.1 Å². The van der Waals surface area contributed by atoms with E-state index >= 15 is 0 Å². The quantitative estimate of drug-likeness (QED) is 0.0626. The maximum Gasteiger partial charge on any atom is 0.251 e. The molecule has 1 saturated heterocycles. The van der Waals surface area contributed by atoms with Gasteiger partial charge in [-0.15, -0.1) is 0 Å². The molecule has 2 fully saturated rings. The molecule has 294 valence electrons. The van der Waals surface area contributed by atoms with Crippen molar-refractivity contribution in [3.8, 4) is 11.5 Å². The summed E-state index contributed by atoms with van der Waals surface area (Å²) in [6, 6.07) is 33.1. The molecule has 2 heterocycles. The highest BCUT2D eigenvalue weighted by Gasteiger charge is 2.29. The van der Waals surface area contributed by atoms with E-state index in [0.717, 1.165) is 24.0 Å². The molecule has 4 aromatic carbocycles. The Labute approximate surface area is 328 Å². The number of hydrogen-bond donors (Lipinski definition) is 5. The molecule has 10 nitrogen and oxygen atoms in total. The van der Waals surface area contributed by atoms with E-state index in [0.29, 0.717) is 60.7 Å². The minimum absolute atomic E-state index is 0.0472. The summed E-state index contributed by atoms with van der Waals surface area (Å²) in [5.41, 5.74) is 4.51. The van der Waals surface area contributed by atoms with Crippen molar-refractivity contribution in [2.24, 2.45) is 5.92 Å². The monoisotopic (exact) mass is 758 g/mol. The standard InChI is InChI=1S/C46H54N4O6/c51-42-19-17-39(40-18-20-44(53)49-45(40)42)43(52)29-47-28-32-13-15-35(16-14-32)46(54)48-23-6-26-56-38-12-4-9-36(27-38)41(34-7-2-1-3-8-34)31-55-30-33-21-24-50(25-22-33)37-10-5-11-37/h1-4,7-9,12-20,27,33,37,41,43,47,51-52H,5-6,10-11,21-26,28-31H2,(H,48,54)(H,49,53). The van der Waals surface area contributed by atoms with Crippen LogP contribution in [-0.4, -0.2) is 78.0 Å². The molecule has 5 N–H and O–H groups in total. The number of likely N-dealkylation sites (tertiary alicyclic amines) is 1. The van der Waals surface area contributed by atoms with Crippen LogP contribution in [0.2, 0.25) is 0 Å². The highest BCUT2D eigenvalue weighted by molar-refractivity contribution is 5.94. The molecule has 1 aliphatic heterocycles. The van der Waals surface area contributed by atoms with Gasteiger partial charge in [-0.25, -0.2) is 0 Å². The number of ether oxygens (including phenoxy) is 2. The number of pyridine rings is 1. The molecule has 7 rings (SSSR count). The van der Waals surface area contributed by atoms with Crippen molar-refractivity contribution in [1.82, 2.24) is 20.5 Å². The van der Waals surface area contributed by atoms with Crippen LogP contribution in [0, 0.1) is 5.92 Å². The maximum absolute atomic E-state index is 12.8. The van der Waals surface area contributed by atoms with Gasteiger partial charge in [-0.3, -0.25) is 9.59 Å². The first-order valence-electron chi connectivity index (χ1n) is 20.1. The number of aromatic amines is 1. The third-order valence-corrected chi connectivity index (χ3v) is 11.4. The van der Waals surface area contributed by atoms with E-state index in [2.05, 4.69) is 56.9 Å². The van der Waals surface area contributed by atoms with Gasteiger partial charge in [0.1, 0.15) is 11.5 Å². The Balaban J connectivity index is 0.826. The van der Waals surface area contributed by atoms with Gasteiger partial charge in [0, 0.05) is 55.2 Å². The van der Waals surface area contributed by atoms with Gasteiger partial charge in [0.2, 0.25) is 5.56 Å². The van der Waals surface area contributed by atoms with Crippen LogP contribution in [0.5, 0.6) is 11.5 Å². The lowest BCUT2D eigenvalue weighted by molar-refractivity contribution is 0.0378. The number of aliphatic hydroxyl groups is 1. The summed E-state index contributed by atoms with van der Waals surface area (Å²) >= 11 is 0.